The number of anilines is 4. The second kappa shape index (κ2) is 77.9. The lowest BCUT2D eigenvalue weighted by Crippen LogP contribution is -2.29. The minimum absolute atomic E-state index is 0.00509. The van der Waals surface area contributed by atoms with Crippen LogP contribution in [-0.4, -0.2) is 150 Å². The van der Waals surface area contributed by atoms with Gasteiger partial charge in [-0.1, -0.05) is 268 Å². The van der Waals surface area contributed by atoms with Crippen molar-refractivity contribution in [2.75, 3.05) is 75.0 Å². The summed E-state index contributed by atoms with van der Waals surface area (Å²) in [7, 11) is 0. The van der Waals surface area contributed by atoms with E-state index in [0.717, 1.165) is 109 Å². The van der Waals surface area contributed by atoms with E-state index < -0.39 is 72.8 Å². The Hall–Kier alpha value is -8.96. The SMILES string of the molecule is CCCCC/C=C\C/C=C\C/C=C\CCCCC(=O)OC[C@H]1OC[C@@H](n2ccc(N)nc2=O)O1.CCCCCCCCCCC/C=C/CCCCC(=O)Nc1ccn([C@@H]2CO[C@H](CO)O2)c(=O)n1.CCCCCCCCCCC/C=C/CCCCC(=O)OC[C@H]1OC[C@@H](n2ccc(N)nc2=O)O1.CCCCCCCCCCC/C=C\CCCCC(=O)Nc1ccn([C@@H]2CO[C@H](CO)O2)c(=O)n1. The molecule has 4 saturated heterocycles. The largest absolute Gasteiger partial charge is 0.460 e. The molecule has 8 heterocycles. The number of hydrogen-bond acceptors (Lipinski definition) is 26. The monoisotopic (exact) mass is 1910 g/mol. The molecule has 8 rings (SSSR count). The van der Waals surface area contributed by atoms with Gasteiger partial charge in [0.15, 0.2) is 50.1 Å². The average Bonchev–Trinajstić information content (AvgIpc) is 1.59. The number of esters is 2. The van der Waals surface area contributed by atoms with Gasteiger partial charge in [-0.05, 0) is 166 Å². The number of allylic oxidation sites excluding steroid dienone is 12. The number of nitrogens with zero attached hydrogens (tertiary/aromatic N) is 8. The number of ether oxygens (including phenoxy) is 10. The van der Waals surface area contributed by atoms with Crippen molar-refractivity contribution in [1.29, 1.82) is 0 Å². The van der Waals surface area contributed by atoms with Gasteiger partial charge in [-0.25, -0.2) is 19.2 Å². The first-order chi connectivity index (χ1) is 66.5. The van der Waals surface area contributed by atoms with E-state index in [4.69, 9.17) is 69.0 Å². The highest BCUT2D eigenvalue weighted by Crippen LogP contribution is 2.26. The summed E-state index contributed by atoms with van der Waals surface area (Å²) in [6, 6.07) is 6.15. The van der Waals surface area contributed by atoms with Crippen molar-refractivity contribution >= 4 is 47.0 Å². The lowest BCUT2D eigenvalue weighted by Gasteiger charge is -2.13. The number of rotatable bonds is 70. The molecule has 4 aromatic heterocycles. The Morgan fingerprint density at radius 2 is 0.566 bits per heavy atom. The molecule has 4 aliphatic heterocycles. The fourth-order valence-electron chi connectivity index (χ4n) is 15.2. The van der Waals surface area contributed by atoms with Crippen LogP contribution in [0.3, 0.4) is 0 Å². The number of aromatic nitrogens is 8. The van der Waals surface area contributed by atoms with Crippen molar-refractivity contribution in [3.63, 3.8) is 0 Å². The van der Waals surface area contributed by atoms with Crippen LogP contribution in [-0.2, 0) is 66.5 Å². The zero-order valence-corrected chi connectivity index (χ0v) is 82.6. The summed E-state index contributed by atoms with van der Waals surface area (Å²) in [6.45, 7) is 9.11. The minimum Gasteiger partial charge on any atom is -0.460 e. The predicted molar refractivity (Wildman–Crippen MR) is 533 cm³/mol. The predicted octanol–water partition coefficient (Wildman–Crippen LogP) is 20.3. The average molecular weight is 1910 g/mol. The Kier molecular flexibility index (Phi) is 67.3. The molecule has 764 valence electrons. The van der Waals surface area contributed by atoms with Gasteiger partial charge in [-0.3, -0.25) is 37.4 Å². The molecule has 0 saturated carbocycles. The van der Waals surface area contributed by atoms with E-state index in [2.05, 4.69) is 131 Å². The fourth-order valence-corrected chi connectivity index (χ4v) is 15.2. The first-order valence-electron chi connectivity index (χ1n) is 51.5. The number of carbonyl (C=O) groups excluding carboxylic acids is 4. The third kappa shape index (κ3) is 56.2. The van der Waals surface area contributed by atoms with E-state index in [9.17, 15) is 38.4 Å². The Morgan fingerprint density at radius 1 is 0.331 bits per heavy atom. The Balaban J connectivity index is 0.000000320. The number of nitrogens with one attached hydrogen (secondary N) is 2. The number of unbranched alkanes of at least 4 members (excludes halogenated alkanes) is 38. The molecular weight excluding hydrogens is 1740 g/mol. The molecule has 8 atom stereocenters. The number of aliphatic hydroxyl groups excluding tert-OH is 2. The first-order valence-corrected chi connectivity index (χ1v) is 51.5. The van der Waals surface area contributed by atoms with E-state index in [0.29, 0.717) is 25.7 Å². The highest BCUT2D eigenvalue weighted by Gasteiger charge is 2.33. The van der Waals surface area contributed by atoms with Crippen LogP contribution in [0.2, 0.25) is 0 Å². The van der Waals surface area contributed by atoms with Crippen LogP contribution in [0.25, 0.3) is 0 Å². The highest BCUT2D eigenvalue weighted by atomic mass is 16.8. The number of carbonyl (C=O) groups is 4. The zero-order chi connectivity index (χ0) is 97.7. The third-order valence-electron chi connectivity index (χ3n) is 23.1. The van der Waals surface area contributed by atoms with Gasteiger partial charge in [0, 0.05) is 50.5 Å². The third-order valence-corrected chi connectivity index (χ3v) is 23.1. The zero-order valence-electron chi connectivity index (χ0n) is 82.6. The van der Waals surface area contributed by atoms with E-state index in [1.807, 2.05) is 0 Å². The van der Waals surface area contributed by atoms with Gasteiger partial charge in [-0.15, -0.1) is 0 Å². The minimum atomic E-state index is -0.735. The van der Waals surface area contributed by atoms with Gasteiger partial charge >= 0.3 is 34.7 Å². The lowest BCUT2D eigenvalue weighted by molar-refractivity contribution is -0.159. The van der Waals surface area contributed by atoms with Crippen molar-refractivity contribution in [1.82, 2.24) is 38.2 Å². The highest BCUT2D eigenvalue weighted by molar-refractivity contribution is 5.90. The quantitative estimate of drug-likeness (QED) is 0.0136. The van der Waals surface area contributed by atoms with Gasteiger partial charge in [0.1, 0.15) is 36.5 Å². The molecular formula is C104H168N12O20. The molecule has 136 heavy (non-hydrogen) atoms. The second-order valence-electron chi connectivity index (χ2n) is 35.0. The van der Waals surface area contributed by atoms with Gasteiger partial charge < -0.3 is 79.7 Å². The van der Waals surface area contributed by atoms with Crippen molar-refractivity contribution in [3.8, 4) is 0 Å². The standard InChI is InChI=1S/C26H43N3O5.C26H39N3O5.2C26H43N3O5/c2*1-2-3-4-5-6-7-8-9-10-11-12-13-14-15-16-17-24(30)32-21-25-33-20-23(34-25)29-19-18-22(27)28-26(29)31;2*1-2-3-4-5-6-7-8-9-10-11-12-13-14-15-16-17-23(31)27-22-18-19-29(26(32)28-22)24-21-33-25(20-30)34-24/h12-13,18-19,23,25H,2-11,14-17,20-21H2,1H3,(H2,27,28,31);6-7,9-10,12-13,18-19,23,25H,2-5,8,11,14-17,20-21H2,1H3,(H2,27,28,31);2*12-13,18-19,24-25,30H,2-11,14-17,20-21H2,1H3,(H,27,28,31,32)/b13-12+;7-6-,10-9-,13-12-;13-12+;13-12-/t2*23-,25-;2*24-,25-/m0000/s1. The molecule has 4 aromatic rings. The molecule has 32 nitrogen and oxygen atoms in total. The van der Waals surface area contributed by atoms with E-state index in [1.54, 1.807) is 12.1 Å². The number of aliphatic hydroxyl groups is 2. The molecule has 0 spiro atoms. The van der Waals surface area contributed by atoms with Crippen LogP contribution in [0.4, 0.5) is 23.3 Å². The van der Waals surface area contributed by atoms with Gasteiger partial charge in [-0.2, -0.15) is 19.9 Å². The first kappa shape index (κ1) is 118. The maximum Gasteiger partial charge on any atom is 0.351 e. The molecule has 0 bridgehead atoms. The van der Waals surface area contributed by atoms with Crippen molar-refractivity contribution < 1.29 is 76.8 Å². The Labute approximate surface area is 808 Å². The molecule has 0 unspecified atom stereocenters. The van der Waals surface area contributed by atoms with Gasteiger partial charge in [0.25, 0.3) is 0 Å². The maximum atomic E-state index is 12.2. The molecule has 4 fully saturated rings. The van der Waals surface area contributed by atoms with Gasteiger partial charge in [0.2, 0.25) is 11.8 Å². The van der Waals surface area contributed by atoms with Crippen LogP contribution in [0.5, 0.6) is 0 Å². The molecule has 32 heteroatoms. The summed E-state index contributed by atoms with van der Waals surface area (Å²) in [5.41, 5.74) is 8.88. The van der Waals surface area contributed by atoms with Gasteiger partial charge in [0.05, 0.1) is 39.6 Å². The van der Waals surface area contributed by atoms with E-state index in [1.165, 1.54) is 254 Å². The number of nitrogens with two attached hydrogens (primary N) is 2. The fraction of sp³-hybridized carbons (Fsp3) is 0.692. The topological polar surface area (TPSA) is 417 Å². The molecule has 2 amide bonds. The summed E-state index contributed by atoms with van der Waals surface area (Å²) in [4.78, 5) is 111. The molecule has 8 N–H and O–H groups in total. The van der Waals surface area contributed by atoms with Crippen molar-refractivity contribution in [2.24, 2.45) is 0 Å². The number of amides is 2. The van der Waals surface area contributed by atoms with Crippen LogP contribution >= 0.6 is 0 Å². The van der Waals surface area contributed by atoms with Crippen molar-refractivity contribution in [2.45, 2.75) is 412 Å². The van der Waals surface area contributed by atoms with Crippen LogP contribution in [0.1, 0.15) is 386 Å². The summed E-state index contributed by atoms with van der Waals surface area (Å²) in [5.74, 6) is -0.0886. The molecule has 0 aromatic carbocycles. The molecule has 0 aliphatic carbocycles. The lowest BCUT2D eigenvalue weighted by atomic mass is 10.1. The van der Waals surface area contributed by atoms with E-state index in [-0.39, 0.29) is 99.9 Å². The number of hydrogen-bond donors (Lipinski definition) is 6. The van der Waals surface area contributed by atoms with Crippen LogP contribution < -0.4 is 44.9 Å². The summed E-state index contributed by atoms with van der Waals surface area (Å²) >= 11 is 0. The van der Waals surface area contributed by atoms with Crippen molar-refractivity contribution in [3.05, 3.63) is 164 Å². The Morgan fingerprint density at radius 3 is 0.853 bits per heavy atom. The van der Waals surface area contributed by atoms with Crippen LogP contribution in [0.15, 0.2) is 141 Å². The second-order valence-corrected chi connectivity index (χ2v) is 35.0. The summed E-state index contributed by atoms with van der Waals surface area (Å²) in [6.07, 6.45) is 86.8. The maximum absolute atomic E-state index is 12.2. The Bertz CT molecular complexity index is 4130. The number of nitrogen functional groups attached to an aromatic ring is 2. The van der Waals surface area contributed by atoms with E-state index >= 15 is 0 Å². The molecule has 0 radical (unpaired) electrons. The normalized spacial score (nSPS) is 18.2. The van der Waals surface area contributed by atoms with Crippen LogP contribution in [0, 0.1) is 0 Å². The summed E-state index contributed by atoms with van der Waals surface area (Å²) < 4.78 is 59.0. The smallest absolute Gasteiger partial charge is 0.351 e. The summed E-state index contributed by atoms with van der Waals surface area (Å²) in [5, 5.41) is 23.4. The molecule has 4 aliphatic rings.